The minimum absolute atomic E-state index is 0.107. The van der Waals surface area contributed by atoms with Crippen LogP contribution in [0.4, 0.5) is 0 Å². The van der Waals surface area contributed by atoms with Gasteiger partial charge in [-0.2, -0.15) is 0 Å². The summed E-state index contributed by atoms with van der Waals surface area (Å²) in [6, 6.07) is 53.5. The Labute approximate surface area is 307 Å². The van der Waals surface area contributed by atoms with Crippen LogP contribution in [0.3, 0.4) is 0 Å². The van der Waals surface area contributed by atoms with Crippen LogP contribution in [0.25, 0.3) is 21.9 Å². The lowest BCUT2D eigenvalue weighted by molar-refractivity contribution is 0.439. The Morgan fingerprint density at radius 1 is 0.635 bits per heavy atom. The zero-order valence-electron chi connectivity index (χ0n) is 28.7. The highest BCUT2D eigenvalue weighted by atomic mass is 32.2. The first-order chi connectivity index (χ1) is 25.7. The second-order valence-electron chi connectivity index (χ2n) is 13.8. The summed E-state index contributed by atoms with van der Waals surface area (Å²) in [5, 5.41) is 6.05. The number of nitrogens with zero attached hydrogens (tertiary/aromatic N) is 3. The molecule has 252 valence electrons. The third kappa shape index (κ3) is 5.20. The van der Waals surface area contributed by atoms with Crippen molar-refractivity contribution in [2.75, 3.05) is 0 Å². The van der Waals surface area contributed by atoms with Crippen LogP contribution in [0, 0.1) is 5.92 Å². The van der Waals surface area contributed by atoms with Gasteiger partial charge in [0.1, 0.15) is 22.8 Å². The van der Waals surface area contributed by atoms with Gasteiger partial charge in [-0.3, -0.25) is 4.99 Å². The molecule has 3 aliphatic heterocycles. The van der Waals surface area contributed by atoms with E-state index in [1.165, 1.54) is 21.7 Å². The second kappa shape index (κ2) is 12.8. The molecule has 0 fully saturated rings. The monoisotopic (exact) mass is 692 g/mol. The topological polar surface area (TPSA) is 62.2 Å². The molecule has 0 aliphatic carbocycles. The van der Waals surface area contributed by atoms with Gasteiger partial charge in [0, 0.05) is 49.6 Å². The smallest absolute Gasteiger partial charge is 0.169 e. The molecule has 4 heterocycles. The summed E-state index contributed by atoms with van der Waals surface area (Å²) >= 11 is 2.01. The van der Waals surface area contributed by atoms with Crippen LogP contribution >= 0.6 is 11.8 Å². The average Bonchev–Trinajstić information content (AvgIpc) is 3.79. The predicted molar refractivity (Wildman–Crippen MR) is 214 cm³/mol. The Morgan fingerprint density at radius 2 is 1.35 bits per heavy atom. The molecule has 3 aliphatic rings. The van der Waals surface area contributed by atoms with Crippen LogP contribution in [0.2, 0.25) is 0 Å². The van der Waals surface area contributed by atoms with Gasteiger partial charge in [-0.25, -0.2) is 9.98 Å². The SMILES string of the molecule is CCC1C(c2ccc3c(c2)oc2cccc(C4=NC(c5ccccc5)N=C(c5ccccc5)N4)c23)=NC2c3ccccc3SC2C1c1ccccc1. The molecule has 7 aromatic rings. The van der Waals surface area contributed by atoms with Gasteiger partial charge in [0.15, 0.2) is 6.17 Å². The van der Waals surface area contributed by atoms with Crippen molar-refractivity contribution in [2.24, 2.45) is 20.9 Å². The third-order valence-electron chi connectivity index (χ3n) is 10.8. The predicted octanol–water partition coefficient (Wildman–Crippen LogP) is 10.9. The van der Waals surface area contributed by atoms with Gasteiger partial charge >= 0.3 is 0 Å². The van der Waals surface area contributed by atoms with E-state index in [0.717, 1.165) is 62.3 Å². The summed E-state index contributed by atoms with van der Waals surface area (Å²) in [4.78, 5) is 17.2. The van der Waals surface area contributed by atoms with Crippen LogP contribution in [-0.4, -0.2) is 22.6 Å². The number of hydrogen-bond acceptors (Lipinski definition) is 6. The maximum atomic E-state index is 6.69. The van der Waals surface area contributed by atoms with Crippen molar-refractivity contribution in [1.29, 1.82) is 0 Å². The first-order valence-corrected chi connectivity index (χ1v) is 19.0. The number of thioether (sulfide) groups is 1. The molecule has 1 N–H and O–H groups in total. The Morgan fingerprint density at radius 3 is 2.13 bits per heavy atom. The summed E-state index contributed by atoms with van der Waals surface area (Å²) in [6.07, 6.45) is 0.628. The number of amidine groups is 2. The van der Waals surface area contributed by atoms with E-state index in [0.29, 0.717) is 11.2 Å². The molecule has 0 amide bonds. The van der Waals surface area contributed by atoms with Crippen molar-refractivity contribution in [1.82, 2.24) is 5.32 Å². The van der Waals surface area contributed by atoms with E-state index in [1.807, 2.05) is 48.2 Å². The van der Waals surface area contributed by atoms with Gasteiger partial charge in [0.05, 0.1) is 6.04 Å². The van der Waals surface area contributed by atoms with E-state index in [9.17, 15) is 0 Å². The van der Waals surface area contributed by atoms with Crippen LogP contribution < -0.4 is 5.32 Å². The molecule has 5 nitrogen and oxygen atoms in total. The van der Waals surface area contributed by atoms with Gasteiger partial charge in [-0.05, 0) is 52.9 Å². The Bertz CT molecular complexity index is 2540. The first kappa shape index (κ1) is 31.1. The molecule has 0 bridgehead atoms. The maximum Gasteiger partial charge on any atom is 0.169 e. The molecule has 6 aromatic carbocycles. The van der Waals surface area contributed by atoms with Crippen molar-refractivity contribution >= 4 is 51.1 Å². The van der Waals surface area contributed by atoms with Gasteiger partial charge in [-0.1, -0.05) is 134 Å². The van der Waals surface area contributed by atoms with Gasteiger partial charge in [0.25, 0.3) is 0 Å². The van der Waals surface area contributed by atoms with Crippen molar-refractivity contribution in [2.45, 2.75) is 41.6 Å². The molecule has 6 heteroatoms. The highest BCUT2D eigenvalue weighted by Gasteiger charge is 2.47. The number of hydrogen-bond donors (Lipinski definition) is 1. The number of rotatable bonds is 6. The Hall–Kier alpha value is -5.72. The lowest BCUT2D eigenvalue weighted by Gasteiger charge is -2.39. The number of fused-ring (bicyclic) bond motifs is 6. The minimum atomic E-state index is -0.372. The van der Waals surface area contributed by atoms with Crippen LogP contribution in [0.15, 0.2) is 176 Å². The molecule has 5 atom stereocenters. The lowest BCUT2D eigenvalue weighted by atomic mass is 9.72. The number of nitrogens with one attached hydrogen (secondary N) is 1. The fourth-order valence-electron chi connectivity index (χ4n) is 8.40. The molecule has 0 saturated carbocycles. The molecule has 52 heavy (non-hydrogen) atoms. The molecule has 0 spiro atoms. The Balaban J connectivity index is 1.09. The van der Waals surface area contributed by atoms with E-state index in [1.54, 1.807) is 0 Å². The molecular formula is C46H36N4OS. The van der Waals surface area contributed by atoms with Crippen LogP contribution in [-0.2, 0) is 0 Å². The Kier molecular flexibility index (Phi) is 7.64. The summed E-state index contributed by atoms with van der Waals surface area (Å²) in [6.45, 7) is 2.31. The van der Waals surface area contributed by atoms with E-state index < -0.39 is 0 Å². The third-order valence-corrected chi connectivity index (χ3v) is 12.2. The number of furan rings is 1. The largest absolute Gasteiger partial charge is 0.456 e. The normalized spacial score (nSPS) is 22.2. The van der Waals surface area contributed by atoms with Crippen LogP contribution in [0.1, 0.15) is 64.9 Å². The van der Waals surface area contributed by atoms with Gasteiger partial charge in [-0.15, -0.1) is 11.8 Å². The lowest BCUT2D eigenvalue weighted by Crippen LogP contribution is -2.36. The molecule has 0 radical (unpaired) electrons. The van der Waals surface area contributed by atoms with E-state index in [4.69, 9.17) is 19.4 Å². The molecule has 5 unspecified atom stereocenters. The molecule has 0 saturated heterocycles. The van der Waals surface area contributed by atoms with E-state index >= 15 is 0 Å². The summed E-state index contributed by atoms with van der Waals surface area (Å²) < 4.78 is 6.69. The standard InChI is InChI=1S/C46H36N4OS/c1-2-32-39(28-15-6-3-7-16-28)43-42(34-21-12-13-24-38(34)52-43)47-41(32)31-25-26-33-37(27-31)51-36-23-14-22-35(40(33)36)46-49-44(29-17-8-4-9-18-29)48-45(50-46)30-19-10-5-11-20-30/h3-27,32,39,42-44H,2H2,1H3,(H,48,49,50). The van der Waals surface area contributed by atoms with Crippen molar-refractivity contribution in [3.8, 4) is 0 Å². The minimum Gasteiger partial charge on any atom is -0.456 e. The highest BCUT2D eigenvalue weighted by molar-refractivity contribution is 8.00. The van der Waals surface area contributed by atoms with E-state index in [2.05, 4.69) is 128 Å². The number of benzene rings is 6. The highest BCUT2D eigenvalue weighted by Crippen LogP contribution is 2.57. The second-order valence-corrected chi connectivity index (χ2v) is 15.0. The van der Waals surface area contributed by atoms with Crippen molar-refractivity contribution < 1.29 is 4.42 Å². The fraction of sp³-hybridized carbons (Fsp3) is 0.152. The van der Waals surface area contributed by atoms with Crippen molar-refractivity contribution in [3.05, 3.63) is 185 Å². The number of aliphatic imine (C=N–C) groups is 3. The van der Waals surface area contributed by atoms with Gasteiger partial charge < -0.3 is 9.73 Å². The zero-order chi connectivity index (χ0) is 34.6. The molecule has 10 rings (SSSR count). The van der Waals surface area contributed by atoms with Gasteiger partial charge in [0.2, 0.25) is 0 Å². The van der Waals surface area contributed by atoms with Crippen LogP contribution in [0.5, 0.6) is 0 Å². The average molecular weight is 693 g/mol. The van der Waals surface area contributed by atoms with E-state index in [-0.39, 0.29) is 18.1 Å². The molecular weight excluding hydrogens is 657 g/mol. The quantitative estimate of drug-likeness (QED) is 0.189. The van der Waals surface area contributed by atoms with Crippen molar-refractivity contribution in [3.63, 3.8) is 0 Å². The first-order valence-electron chi connectivity index (χ1n) is 18.1. The summed E-state index contributed by atoms with van der Waals surface area (Å²) in [5.41, 5.74) is 9.76. The zero-order valence-corrected chi connectivity index (χ0v) is 29.5. The fourth-order valence-corrected chi connectivity index (χ4v) is 10.0. The summed E-state index contributed by atoms with van der Waals surface area (Å²) in [7, 11) is 0. The maximum absolute atomic E-state index is 6.69. The molecule has 1 aromatic heterocycles. The summed E-state index contributed by atoms with van der Waals surface area (Å²) in [5.74, 6) is 2.18.